The molecule has 3 N–H and O–H groups in total. The Morgan fingerprint density at radius 3 is 2.37 bits per heavy atom. The molecule has 2 aliphatic rings. The first-order chi connectivity index (χ1) is 18.2. The number of halogens is 1. The van der Waals surface area contributed by atoms with Crippen LogP contribution < -0.4 is 10.3 Å². The Labute approximate surface area is 218 Å². The Kier molecular flexibility index (Phi) is 8.62. The van der Waals surface area contributed by atoms with Crippen LogP contribution in [0.25, 0.3) is 10.9 Å². The molecule has 38 heavy (non-hydrogen) atoms. The molecule has 1 aromatic heterocycles. The van der Waals surface area contributed by atoms with Gasteiger partial charge in [0.25, 0.3) is 0 Å². The maximum atomic E-state index is 15.1. The lowest BCUT2D eigenvalue weighted by Gasteiger charge is -2.36. The van der Waals surface area contributed by atoms with E-state index in [9.17, 15) is 29.5 Å². The number of benzene rings is 1. The number of rotatable bonds is 11. The van der Waals surface area contributed by atoms with E-state index in [2.05, 4.69) is 0 Å². The van der Waals surface area contributed by atoms with Gasteiger partial charge in [0.2, 0.25) is 17.2 Å². The Morgan fingerprint density at radius 2 is 1.74 bits per heavy atom. The number of anilines is 1. The normalized spacial score (nSPS) is 15.7. The number of aromatic carboxylic acids is 1. The molecule has 1 aliphatic heterocycles. The van der Waals surface area contributed by atoms with Crippen LogP contribution in [0.3, 0.4) is 0 Å². The van der Waals surface area contributed by atoms with Gasteiger partial charge in [-0.05, 0) is 44.2 Å². The Bertz CT molecular complexity index is 1270. The summed E-state index contributed by atoms with van der Waals surface area (Å²) in [5.41, 5.74) is -0.325. The number of carboxylic acid groups (broad SMARTS) is 1. The number of aliphatic hydroxyl groups excluding tert-OH is 1. The fourth-order valence-electron chi connectivity index (χ4n) is 4.78. The monoisotopic (exact) mass is 532 g/mol. The van der Waals surface area contributed by atoms with Crippen molar-refractivity contribution < 1.29 is 34.2 Å². The molecule has 1 aliphatic carbocycles. The summed E-state index contributed by atoms with van der Waals surface area (Å²) in [6.07, 6.45) is 4.72. The van der Waals surface area contributed by atoms with Crippen molar-refractivity contribution in [3.05, 3.63) is 39.9 Å². The molecule has 0 bridgehead atoms. The maximum Gasteiger partial charge on any atom is 0.341 e. The van der Waals surface area contributed by atoms with E-state index in [1.165, 1.54) is 6.20 Å². The molecule has 2 amide bonds. The number of nitrogens with zero attached hydrogens (tertiary/aromatic N) is 4. The summed E-state index contributed by atoms with van der Waals surface area (Å²) in [6, 6.07) is 2.76. The number of hydrogen-bond acceptors (Lipinski definition) is 7. The van der Waals surface area contributed by atoms with Gasteiger partial charge in [0.05, 0.1) is 11.2 Å². The highest BCUT2D eigenvalue weighted by Crippen LogP contribution is 2.38. The predicted octanol–water partition coefficient (Wildman–Crippen LogP) is 1.98. The molecule has 12 heteroatoms. The number of carboxylic acids is 1. The second kappa shape index (κ2) is 11.9. The topological polar surface area (TPSA) is 144 Å². The van der Waals surface area contributed by atoms with Crippen LogP contribution >= 0.6 is 0 Å². The molecule has 0 unspecified atom stereocenters. The van der Waals surface area contributed by atoms with Crippen LogP contribution in [0, 0.1) is 5.82 Å². The number of pyridine rings is 1. The molecule has 1 saturated carbocycles. The molecule has 1 saturated heterocycles. The van der Waals surface area contributed by atoms with Gasteiger partial charge in [-0.1, -0.05) is 0 Å². The molecule has 0 spiro atoms. The number of hydroxylamine groups is 2. The third-order valence-electron chi connectivity index (χ3n) is 7.11. The summed E-state index contributed by atoms with van der Waals surface area (Å²) in [7, 11) is 0. The van der Waals surface area contributed by atoms with Gasteiger partial charge in [-0.15, -0.1) is 0 Å². The molecule has 2 fully saturated rings. The van der Waals surface area contributed by atoms with Gasteiger partial charge in [0, 0.05) is 69.8 Å². The molecule has 0 atom stereocenters. The lowest BCUT2D eigenvalue weighted by Crippen LogP contribution is -2.49. The van der Waals surface area contributed by atoms with Gasteiger partial charge < -0.3 is 24.6 Å². The van der Waals surface area contributed by atoms with E-state index in [1.54, 1.807) is 20.4 Å². The average Bonchev–Trinajstić information content (AvgIpc) is 3.75. The maximum absolute atomic E-state index is 15.1. The first-order valence-electron chi connectivity index (χ1n) is 13.0. The summed E-state index contributed by atoms with van der Waals surface area (Å²) in [6.45, 7) is 1.54. The third-order valence-corrected chi connectivity index (χ3v) is 7.11. The van der Waals surface area contributed by atoms with Crippen LogP contribution in [-0.4, -0.2) is 87.1 Å². The fourth-order valence-corrected chi connectivity index (χ4v) is 4.78. The number of aliphatic hydroxyl groups is 1. The predicted molar refractivity (Wildman–Crippen MR) is 136 cm³/mol. The van der Waals surface area contributed by atoms with Crippen molar-refractivity contribution in [3.63, 3.8) is 0 Å². The van der Waals surface area contributed by atoms with Gasteiger partial charge >= 0.3 is 5.97 Å². The number of carbonyl (C=O) groups excluding carboxylic acids is 2. The highest BCUT2D eigenvalue weighted by Gasteiger charge is 2.29. The number of carbonyl (C=O) groups is 3. The zero-order chi connectivity index (χ0) is 27.4. The summed E-state index contributed by atoms with van der Waals surface area (Å²) in [5, 5.41) is 28.7. The lowest BCUT2D eigenvalue weighted by atomic mass is 10.1. The first-order valence-corrected chi connectivity index (χ1v) is 13.0. The Balaban J connectivity index is 1.38. The van der Waals surface area contributed by atoms with E-state index < -0.39 is 23.1 Å². The van der Waals surface area contributed by atoms with E-state index in [0.29, 0.717) is 56.0 Å². The molecular formula is C26H33FN4O7. The zero-order valence-corrected chi connectivity index (χ0v) is 21.1. The van der Waals surface area contributed by atoms with Crippen molar-refractivity contribution in [1.29, 1.82) is 0 Å². The minimum Gasteiger partial charge on any atom is -0.477 e. The number of fused-ring (bicyclic) bond motifs is 1. The van der Waals surface area contributed by atoms with Gasteiger partial charge in [0.15, 0.2) is 0 Å². The fraction of sp³-hybridized carbons (Fsp3) is 0.538. The lowest BCUT2D eigenvalue weighted by molar-refractivity contribution is -0.166. The van der Waals surface area contributed by atoms with Gasteiger partial charge in [-0.25, -0.2) is 14.2 Å². The SMILES string of the molecule is O=C(O)c1cn(C2CC2)c2cc(N3CCN(C(=O)CCC(=O)N(O)CCCCCO)CC3)c(F)cc2c1=O. The number of hydrogen-bond donors (Lipinski definition) is 3. The zero-order valence-electron chi connectivity index (χ0n) is 21.1. The molecular weight excluding hydrogens is 499 g/mol. The highest BCUT2D eigenvalue weighted by molar-refractivity contribution is 5.93. The van der Waals surface area contributed by atoms with Crippen molar-refractivity contribution in [3.8, 4) is 0 Å². The van der Waals surface area contributed by atoms with E-state index in [0.717, 1.165) is 18.9 Å². The second-order valence-corrected chi connectivity index (χ2v) is 9.81. The van der Waals surface area contributed by atoms with Crippen LogP contribution in [0.15, 0.2) is 23.1 Å². The molecule has 1 aromatic carbocycles. The minimum atomic E-state index is -1.34. The van der Waals surface area contributed by atoms with E-state index in [1.807, 2.05) is 0 Å². The van der Waals surface area contributed by atoms with Gasteiger partial charge in [-0.2, -0.15) is 0 Å². The van der Waals surface area contributed by atoms with Crippen LogP contribution in [0.4, 0.5) is 10.1 Å². The van der Waals surface area contributed by atoms with Crippen LogP contribution in [0.2, 0.25) is 0 Å². The number of aromatic nitrogens is 1. The van der Waals surface area contributed by atoms with E-state index in [4.69, 9.17) is 5.11 Å². The molecule has 0 radical (unpaired) electrons. The molecule has 2 heterocycles. The second-order valence-electron chi connectivity index (χ2n) is 9.81. The summed E-state index contributed by atoms with van der Waals surface area (Å²) in [4.78, 5) is 52.3. The largest absolute Gasteiger partial charge is 0.477 e. The smallest absolute Gasteiger partial charge is 0.341 e. The number of amides is 2. The van der Waals surface area contributed by atoms with Crippen LogP contribution in [-0.2, 0) is 9.59 Å². The quantitative estimate of drug-likeness (QED) is 0.226. The summed E-state index contributed by atoms with van der Waals surface area (Å²) >= 11 is 0. The molecule has 206 valence electrons. The van der Waals surface area contributed by atoms with Crippen molar-refractivity contribution in [1.82, 2.24) is 14.5 Å². The number of unbranched alkanes of at least 4 members (excludes halogenated alkanes) is 2. The van der Waals surface area contributed by atoms with Crippen LogP contribution in [0.5, 0.6) is 0 Å². The summed E-state index contributed by atoms with van der Waals surface area (Å²) < 4.78 is 16.9. The molecule has 4 rings (SSSR count). The standard InChI is InChI=1S/C26H33FN4O7/c27-20-14-18-21(30(17-4-5-17)16-19(25(18)35)26(36)37)15-22(20)28-9-11-29(12-10-28)23(33)6-7-24(34)31(38)8-2-1-3-13-32/h14-17,32,38H,1-13H2,(H,36,37). The van der Waals surface area contributed by atoms with Crippen molar-refractivity contribution >= 4 is 34.4 Å². The van der Waals surface area contributed by atoms with Crippen molar-refractivity contribution in [2.75, 3.05) is 44.2 Å². The van der Waals surface area contributed by atoms with Crippen molar-refractivity contribution in [2.24, 2.45) is 0 Å². The van der Waals surface area contributed by atoms with E-state index >= 15 is 4.39 Å². The number of piperazine rings is 1. The Hall–Kier alpha value is -3.51. The molecule has 2 aromatic rings. The Morgan fingerprint density at radius 1 is 1.03 bits per heavy atom. The van der Waals surface area contributed by atoms with Crippen LogP contribution in [0.1, 0.15) is 61.3 Å². The minimum absolute atomic E-state index is 0.0304. The van der Waals surface area contributed by atoms with Gasteiger partial charge in [-0.3, -0.25) is 19.6 Å². The van der Waals surface area contributed by atoms with Crippen molar-refractivity contribution in [2.45, 2.75) is 51.0 Å². The third kappa shape index (κ3) is 6.13. The summed E-state index contributed by atoms with van der Waals surface area (Å²) in [5.74, 6) is -2.74. The average molecular weight is 533 g/mol. The van der Waals surface area contributed by atoms with Gasteiger partial charge in [0.1, 0.15) is 11.4 Å². The van der Waals surface area contributed by atoms with E-state index in [-0.39, 0.29) is 54.6 Å². The first kappa shape index (κ1) is 27.5. The highest BCUT2D eigenvalue weighted by atomic mass is 19.1. The molecule has 11 nitrogen and oxygen atoms in total.